The number of hydrogen-bond donors (Lipinski definition) is 2. The summed E-state index contributed by atoms with van der Waals surface area (Å²) in [7, 11) is -3.38. The molecule has 3 aromatic rings. The average Bonchev–Trinajstić information content (AvgIpc) is 2.85. The fourth-order valence-electron chi connectivity index (χ4n) is 2.33. The summed E-state index contributed by atoms with van der Waals surface area (Å²) in [6.07, 6.45) is 0.488. The molecule has 3 rings (SSSR count). The molecular formula is C16H17N3O2S. The van der Waals surface area contributed by atoms with Crippen molar-refractivity contribution in [2.24, 2.45) is 0 Å². The van der Waals surface area contributed by atoms with Crippen molar-refractivity contribution in [1.29, 1.82) is 0 Å². The molecule has 0 aliphatic heterocycles. The van der Waals surface area contributed by atoms with Gasteiger partial charge in [-0.2, -0.15) is 0 Å². The molecule has 1 aromatic heterocycles. The molecule has 0 radical (unpaired) electrons. The van der Waals surface area contributed by atoms with Crippen LogP contribution in [0, 0.1) is 6.92 Å². The van der Waals surface area contributed by atoms with Crippen molar-refractivity contribution in [2.75, 3.05) is 10.5 Å². The Morgan fingerprint density at radius 2 is 1.91 bits per heavy atom. The Morgan fingerprint density at radius 1 is 1.14 bits per heavy atom. The van der Waals surface area contributed by atoms with Crippen LogP contribution in [0.3, 0.4) is 0 Å². The van der Waals surface area contributed by atoms with Gasteiger partial charge in [-0.15, -0.1) is 0 Å². The van der Waals surface area contributed by atoms with E-state index in [9.17, 15) is 8.42 Å². The molecule has 0 unspecified atom stereocenters. The molecule has 6 heteroatoms. The standard InChI is InChI=1S/C16H17N3O2S/c1-12-17-15-8-7-14(11-16(15)18-12)19-22(20,21)10-9-13-5-3-2-4-6-13/h2-8,11,19H,9-10H2,1H3,(H,17,18). The zero-order valence-electron chi connectivity index (χ0n) is 12.2. The molecule has 0 aliphatic carbocycles. The molecule has 0 amide bonds. The summed E-state index contributed by atoms with van der Waals surface area (Å²) in [5.41, 5.74) is 3.20. The van der Waals surface area contributed by atoms with Crippen molar-refractivity contribution in [1.82, 2.24) is 9.97 Å². The van der Waals surface area contributed by atoms with E-state index in [1.807, 2.05) is 37.3 Å². The number of imidazole rings is 1. The Morgan fingerprint density at radius 3 is 2.68 bits per heavy atom. The van der Waals surface area contributed by atoms with Crippen molar-refractivity contribution >= 4 is 26.7 Å². The third-order valence-corrected chi connectivity index (χ3v) is 4.66. The van der Waals surface area contributed by atoms with E-state index in [4.69, 9.17) is 0 Å². The highest BCUT2D eigenvalue weighted by Gasteiger charge is 2.11. The van der Waals surface area contributed by atoms with Gasteiger partial charge in [-0.05, 0) is 37.1 Å². The van der Waals surface area contributed by atoms with Crippen LogP contribution in [0.4, 0.5) is 5.69 Å². The number of anilines is 1. The van der Waals surface area contributed by atoms with Crippen LogP contribution in [0.2, 0.25) is 0 Å². The second-order valence-electron chi connectivity index (χ2n) is 5.21. The third-order valence-electron chi connectivity index (χ3n) is 3.38. The van der Waals surface area contributed by atoms with Gasteiger partial charge in [-0.25, -0.2) is 13.4 Å². The van der Waals surface area contributed by atoms with Gasteiger partial charge in [-0.1, -0.05) is 30.3 Å². The third kappa shape index (κ3) is 3.46. The zero-order chi connectivity index (χ0) is 15.6. The molecular weight excluding hydrogens is 298 g/mol. The van der Waals surface area contributed by atoms with Gasteiger partial charge < -0.3 is 4.98 Å². The van der Waals surface area contributed by atoms with E-state index in [-0.39, 0.29) is 5.75 Å². The van der Waals surface area contributed by atoms with Gasteiger partial charge in [0.05, 0.1) is 22.5 Å². The Hall–Kier alpha value is -2.34. The SMILES string of the molecule is Cc1nc2ccc(NS(=O)(=O)CCc3ccccc3)cc2[nH]1. The zero-order valence-corrected chi connectivity index (χ0v) is 13.0. The van der Waals surface area contributed by atoms with Crippen LogP contribution in [0.25, 0.3) is 11.0 Å². The first kappa shape index (κ1) is 14.6. The van der Waals surface area contributed by atoms with Crippen LogP contribution in [-0.4, -0.2) is 24.1 Å². The lowest BCUT2D eigenvalue weighted by Crippen LogP contribution is -2.18. The maximum absolute atomic E-state index is 12.2. The summed E-state index contributed by atoms with van der Waals surface area (Å²) in [4.78, 5) is 7.39. The fraction of sp³-hybridized carbons (Fsp3) is 0.188. The number of sulfonamides is 1. The van der Waals surface area contributed by atoms with E-state index in [0.29, 0.717) is 12.1 Å². The first-order valence-electron chi connectivity index (χ1n) is 7.03. The second kappa shape index (κ2) is 5.81. The smallest absolute Gasteiger partial charge is 0.233 e. The summed E-state index contributed by atoms with van der Waals surface area (Å²) in [5, 5.41) is 0. The number of aromatic amines is 1. The van der Waals surface area contributed by atoms with E-state index in [1.165, 1.54) is 0 Å². The van der Waals surface area contributed by atoms with Crippen molar-refractivity contribution < 1.29 is 8.42 Å². The lowest BCUT2D eigenvalue weighted by atomic mass is 10.2. The molecule has 0 atom stereocenters. The Labute approximate surface area is 129 Å². The quantitative estimate of drug-likeness (QED) is 0.760. The number of benzene rings is 2. The maximum Gasteiger partial charge on any atom is 0.233 e. The Balaban J connectivity index is 1.72. The monoisotopic (exact) mass is 315 g/mol. The molecule has 2 N–H and O–H groups in total. The topological polar surface area (TPSA) is 74.8 Å². The summed E-state index contributed by atoms with van der Waals surface area (Å²) >= 11 is 0. The predicted octanol–water partition coefficient (Wildman–Crippen LogP) is 2.86. The van der Waals surface area contributed by atoms with Crippen LogP contribution < -0.4 is 4.72 Å². The lowest BCUT2D eigenvalue weighted by molar-refractivity contribution is 0.600. The highest BCUT2D eigenvalue weighted by Crippen LogP contribution is 2.18. The molecule has 1 heterocycles. The van der Waals surface area contributed by atoms with Crippen LogP contribution in [0.1, 0.15) is 11.4 Å². The van der Waals surface area contributed by atoms with Crippen LogP contribution in [-0.2, 0) is 16.4 Å². The summed E-state index contributed by atoms with van der Waals surface area (Å²) < 4.78 is 27.0. The molecule has 0 fully saturated rings. The average molecular weight is 315 g/mol. The molecule has 5 nitrogen and oxygen atoms in total. The number of rotatable bonds is 5. The minimum Gasteiger partial charge on any atom is -0.342 e. The Kier molecular flexibility index (Phi) is 3.85. The van der Waals surface area contributed by atoms with Gasteiger partial charge in [0.2, 0.25) is 10.0 Å². The summed E-state index contributed by atoms with van der Waals surface area (Å²) in [6, 6.07) is 14.9. The first-order valence-corrected chi connectivity index (χ1v) is 8.68. The molecule has 0 saturated carbocycles. The van der Waals surface area contributed by atoms with Crippen molar-refractivity contribution in [3.8, 4) is 0 Å². The van der Waals surface area contributed by atoms with Crippen LogP contribution in [0.5, 0.6) is 0 Å². The number of hydrogen-bond acceptors (Lipinski definition) is 3. The van der Waals surface area contributed by atoms with E-state index >= 15 is 0 Å². The highest BCUT2D eigenvalue weighted by molar-refractivity contribution is 7.92. The minimum absolute atomic E-state index is 0.0526. The lowest BCUT2D eigenvalue weighted by Gasteiger charge is -2.08. The highest BCUT2D eigenvalue weighted by atomic mass is 32.2. The molecule has 0 aliphatic rings. The molecule has 22 heavy (non-hydrogen) atoms. The number of nitrogens with zero attached hydrogens (tertiary/aromatic N) is 1. The summed E-state index contributed by atoms with van der Waals surface area (Å²) in [5.74, 6) is 0.857. The fourth-order valence-corrected chi connectivity index (χ4v) is 3.42. The van der Waals surface area contributed by atoms with E-state index in [0.717, 1.165) is 22.4 Å². The molecule has 0 spiro atoms. The van der Waals surface area contributed by atoms with Gasteiger partial charge in [0.15, 0.2) is 0 Å². The van der Waals surface area contributed by atoms with Crippen molar-refractivity contribution in [2.45, 2.75) is 13.3 Å². The maximum atomic E-state index is 12.2. The second-order valence-corrected chi connectivity index (χ2v) is 7.05. The van der Waals surface area contributed by atoms with Crippen LogP contribution >= 0.6 is 0 Å². The van der Waals surface area contributed by atoms with Crippen LogP contribution in [0.15, 0.2) is 48.5 Å². The summed E-state index contributed by atoms with van der Waals surface area (Å²) in [6.45, 7) is 1.86. The normalized spacial score (nSPS) is 11.7. The number of nitrogens with one attached hydrogen (secondary N) is 2. The van der Waals surface area contributed by atoms with Gasteiger partial charge in [0, 0.05) is 0 Å². The number of aryl methyl sites for hydroxylation is 2. The Bertz CT molecular complexity index is 886. The van der Waals surface area contributed by atoms with E-state index in [1.54, 1.807) is 18.2 Å². The molecule has 2 aromatic carbocycles. The minimum atomic E-state index is -3.38. The number of H-pyrrole nitrogens is 1. The van der Waals surface area contributed by atoms with Crippen molar-refractivity contribution in [3.05, 3.63) is 59.9 Å². The van der Waals surface area contributed by atoms with Crippen molar-refractivity contribution in [3.63, 3.8) is 0 Å². The van der Waals surface area contributed by atoms with Gasteiger partial charge in [0.25, 0.3) is 0 Å². The number of fused-ring (bicyclic) bond motifs is 1. The largest absolute Gasteiger partial charge is 0.342 e. The number of aromatic nitrogens is 2. The van der Waals surface area contributed by atoms with E-state index < -0.39 is 10.0 Å². The predicted molar refractivity (Wildman–Crippen MR) is 88.4 cm³/mol. The molecule has 0 saturated heterocycles. The molecule has 0 bridgehead atoms. The van der Waals surface area contributed by atoms with Gasteiger partial charge in [-0.3, -0.25) is 4.72 Å². The van der Waals surface area contributed by atoms with Gasteiger partial charge in [0.1, 0.15) is 5.82 Å². The molecule has 114 valence electrons. The van der Waals surface area contributed by atoms with Gasteiger partial charge >= 0.3 is 0 Å². The first-order chi connectivity index (χ1) is 10.5. The van der Waals surface area contributed by atoms with E-state index in [2.05, 4.69) is 14.7 Å².